The fourth-order valence-corrected chi connectivity index (χ4v) is 3.10. The zero-order valence-electron chi connectivity index (χ0n) is 12.9. The van der Waals surface area contributed by atoms with E-state index in [2.05, 4.69) is 4.98 Å². The monoisotopic (exact) mass is 338 g/mol. The van der Waals surface area contributed by atoms with Crippen molar-refractivity contribution in [3.05, 3.63) is 70.4 Å². The van der Waals surface area contributed by atoms with Crippen molar-refractivity contribution in [2.75, 3.05) is 6.54 Å². The van der Waals surface area contributed by atoms with E-state index in [1.807, 2.05) is 19.1 Å². The first-order valence-electron chi connectivity index (χ1n) is 7.32. The predicted octanol–water partition coefficient (Wildman–Crippen LogP) is 3.31. The highest BCUT2D eigenvalue weighted by molar-refractivity contribution is 8.18. The second kappa shape index (κ2) is 6.80. The molecule has 0 atom stereocenters. The number of imide groups is 1. The number of amides is 2. The van der Waals surface area contributed by atoms with Gasteiger partial charge in [0.05, 0.1) is 17.1 Å². The highest BCUT2D eigenvalue weighted by Gasteiger charge is 2.36. The van der Waals surface area contributed by atoms with Crippen LogP contribution in [0.15, 0.2) is 53.4 Å². The van der Waals surface area contributed by atoms with Crippen LogP contribution in [0.1, 0.15) is 21.7 Å². The number of rotatable bonds is 4. The van der Waals surface area contributed by atoms with Crippen molar-refractivity contribution >= 4 is 34.8 Å². The van der Waals surface area contributed by atoms with Crippen molar-refractivity contribution < 1.29 is 14.4 Å². The van der Waals surface area contributed by atoms with Crippen LogP contribution in [-0.4, -0.2) is 33.4 Å². The maximum Gasteiger partial charge on any atom is 0.293 e. The first-order valence-corrected chi connectivity index (χ1v) is 8.13. The number of carbonyl (C=O) groups is 3. The van der Waals surface area contributed by atoms with Gasteiger partial charge in [-0.25, -0.2) is 0 Å². The molecule has 1 aliphatic heterocycles. The third-order valence-corrected chi connectivity index (χ3v) is 4.37. The van der Waals surface area contributed by atoms with Gasteiger partial charge in [0.15, 0.2) is 5.78 Å². The molecule has 1 aromatic heterocycles. The molecular weight excluding hydrogens is 324 g/mol. The van der Waals surface area contributed by atoms with Crippen LogP contribution in [0.3, 0.4) is 0 Å². The smallest absolute Gasteiger partial charge is 0.292 e. The van der Waals surface area contributed by atoms with E-state index in [9.17, 15) is 14.4 Å². The number of Topliss-reactive ketones (excluding diaryl/α,β-unsaturated/α-hetero) is 1. The number of nitrogens with zero attached hydrogens (tertiary/aromatic N) is 2. The number of thioether (sulfide) groups is 1. The lowest BCUT2D eigenvalue weighted by atomic mass is 10.1. The number of aryl methyl sites for hydroxylation is 1. The van der Waals surface area contributed by atoms with Crippen molar-refractivity contribution in [3.63, 3.8) is 0 Å². The van der Waals surface area contributed by atoms with Crippen molar-refractivity contribution in [2.24, 2.45) is 0 Å². The van der Waals surface area contributed by atoms with Crippen LogP contribution in [-0.2, 0) is 4.79 Å². The van der Waals surface area contributed by atoms with Crippen LogP contribution in [0.2, 0.25) is 0 Å². The van der Waals surface area contributed by atoms with E-state index < -0.39 is 11.1 Å². The summed E-state index contributed by atoms with van der Waals surface area (Å²) in [5, 5.41) is -0.441. The van der Waals surface area contributed by atoms with Crippen LogP contribution in [0.5, 0.6) is 0 Å². The normalized spacial score (nSPS) is 16.0. The molecule has 1 saturated heterocycles. The maximum atomic E-state index is 12.4. The lowest BCUT2D eigenvalue weighted by Crippen LogP contribution is -2.33. The minimum absolute atomic E-state index is 0.257. The summed E-state index contributed by atoms with van der Waals surface area (Å²) in [5.74, 6) is -0.731. The molecule has 2 amide bonds. The van der Waals surface area contributed by atoms with Gasteiger partial charge >= 0.3 is 0 Å². The largest absolute Gasteiger partial charge is 0.293 e. The Hall–Kier alpha value is -2.73. The second-order valence-corrected chi connectivity index (χ2v) is 6.25. The number of hydrogen-bond acceptors (Lipinski definition) is 5. The molecule has 6 heteroatoms. The Labute approximate surface area is 143 Å². The molecule has 0 unspecified atom stereocenters. The number of carbonyl (C=O) groups excluding carboxylic acids is 3. The van der Waals surface area contributed by atoms with Gasteiger partial charge in [0, 0.05) is 11.3 Å². The van der Waals surface area contributed by atoms with E-state index in [4.69, 9.17) is 0 Å². The molecule has 0 aliphatic carbocycles. The molecule has 0 radical (unpaired) electrons. The molecule has 1 fully saturated rings. The Morgan fingerprint density at radius 2 is 1.88 bits per heavy atom. The van der Waals surface area contributed by atoms with Gasteiger partial charge in [0.2, 0.25) is 0 Å². The van der Waals surface area contributed by atoms with Gasteiger partial charge in [-0.2, -0.15) is 0 Å². The van der Waals surface area contributed by atoms with Gasteiger partial charge in [0.25, 0.3) is 11.1 Å². The summed E-state index contributed by atoms with van der Waals surface area (Å²) in [5.41, 5.74) is 1.90. The van der Waals surface area contributed by atoms with Crippen LogP contribution < -0.4 is 0 Å². The first kappa shape index (κ1) is 16.1. The molecular formula is C18H14N2O3S. The van der Waals surface area contributed by atoms with Crippen molar-refractivity contribution in [3.8, 4) is 0 Å². The average Bonchev–Trinajstić information content (AvgIpc) is 2.83. The zero-order valence-corrected chi connectivity index (χ0v) is 13.7. The van der Waals surface area contributed by atoms with Crippen molar-refractivity contribution in [1.82, 2.24) is 9.88 Å². The standard InChI is InChI=1S/C18H14N2O3S/c1-12-6-5-9-14(19-12)10-16-17(22)20(18(23)24-16)11-15(21)13-7-3-2-4-8-13/h2-10H,11H2,1H3/b16-10+. The quantitative estimate of drug-likeness (QED) is 0.632. The summed E-state index contributed by atoms with van der Waals surface area (Å²) in [4.78, 5) is 42.2. The zero-order chi connectivity index (χ0) is 17.1. The Morgan fingerprint density at radius 3 is 2.58 bits per heavy atom. The first-order chi connectivity index (χ1) is 11.5. The molecule has 0 N–H and O–H groups in total. The van der Waals surface area contributed by atoms with Crippen LogP contribution in [0.25, 0.3) is 6.08 Å². The van der Waals surface area contributed by atoms with Crippen molar-refractivity contribution in [2.45, 2.75) is 6.92 Å². The molecule has 0 saturated carbocycles. The topological polar surface area (TPSA) is 67.3 Å². The van der Waals surface area contributed by atoms with Gasteiger partial charge in [0.1, 0.15) is 0 Å². The van der Waals surface area contributed by atoms with E-state index in [1.165, 1.54) is 0 Å². The minimum atomic E-state index is -0.461. The maximum absolute atomic E-state index is 12.4. The van der Waals surface area contributed by atoms with Gasteiger partial charge in [-0.1, -0.05) is 36.4 Å². The summed E-state index contributed by atoms with van der Waals surface area (Å²) in [6.07, 6.45) is 1.57. The van der Waals surface area contributed by atoms with Gasteiger partial charge in [-0.15, -0.1) is 0 Å². The fraction of sp³-hybridized carbons (Fsp3) is 0.111. The summed E-state index contributed by atoms with van der Waals surface area (Å²) in [6.45, 7) is 1.59. The average molecular weight is 338 g/mol. The third-order valence-electron chi connectivity index (χ3n) is 3.46. The van der Waals surface area contributed by atoms with Gasteiger partial charge < -0.3 is 0 Å². The lowest BCUT2D eigenvalue weighted by molar-refractivity contribution is -0.122. The van der Waals surface area contributed by atoms with Crippen LogP contribution in [0.4, 0.5) is 4.79 Å². The van der Waals surface area contributed by atoms with Crippen molar-refractivity contribution in [1.29, 1.82) is 0 Å². The number of pyridine rings is 1. The molecule has 1 aromatic carbocycles. The molecule has 3 rings (SSSR count). The fourth-order valence-electron chi connectivity index (χ4n) is 2.27. The molecule has 2 aromatic rings. The third kappa shape index (κ3) is 3.44. The highest BCUT2D eigenvalue weighted by Crippen LogP contribution is 2.32. The summed E-state index contributed by atoms with van der Waals surface area (Å²) >= 11 is 0.826. The lowest BCUT2D eigenvalue weighted by Gasteiger charge is -2.11. The number of benzene rings is 1. The Bertz CT molecular complexity index is 846. The number of ketones is 1. The van der Waals surface area contributed by atoms with Crippen LogP contribution in [0, 0.1) is 6.92 Å². The SMILES string of the molecule is Cc1cccc(/C=C2/SC(=O)N(CC(=O)c3ccccc3)C2=O)n1. The van der Waals surface area contributed by atoms with E-state index in [0.717, 1.165) is 22.4 Å². The molecule has 1 aliphatic rings. The number of aromatic nitrogens is 1. The Kier molecular flexibility index (Phi) is 4.57. The van der Waals surface area contributed by atoms with E-state index >= 15 is 0 Å². The summed E-state index contributed by atoms with van der Waals surface area (Å²) < 4.78 is 0. The molecule has 0 bridgehead atoms. The summed E-state index contributed by atoms with van der Waals surface area (Å²) in [7, 11) is 0. The van der Waals surface area contributed by atoms with Gasteiger partial charge in [-0.3, -0.25) is 24.3 Å². The van der Waals surface area contributed by atoms with E-state index in [1.54, 1.807) is 42.5 Å². The molecule has 0 spiro atoms. The summed E-state index contributed by atoms with van der Waals surface area (Å²) in [6, 6.07) is 14.0. The molecule has 5 nitrogen and oxygen atoms in total. The predicted molar refractivity (Wildman–Crippen MR) is 92.4 cm³/mol. The second-order valence-electron chi connectivity index (χ2n) is 5.26. The van der Waals surface area contributed by atoms with E-state index in [-0.39, 0.29) is 17.2 Å². The Balaban J connectivity index is 1.78. The number of hydrogen-bond donors (Lipinski definition) is 0. The molecule has 24 heavy (non-hydrogen) atoms. The van der Waals surface area contributed by atoms with E-state index in [0.29, 0.717) is 11.3 Å². The van der Waals surface area contributed by atoms with Gasteiger partial charge in [-0.05, 0) is 36.9 Å². The Morgan fingerprint density at radius 1 is 1.12 bits per heavy atom. The minimum Gasteiger partial charge on any atom is -0.292 e. The molecule has 120 valence electrons. The molecule has 2 heterocycles. The van der Waals surface area contributed by atoms with Crippen LogP contribution >= 0.6 is 11.8 Å². The highest BCUT2D eigenvalue weighted by atomic mass is 32.2.